The number of amides is 1. The number of halogens is 1. The molecule has 34 heavy (non-hydrogen) atoms. The standard InChI is InChI=1S/C29H31FN2O2/c1-17(2)22-7-5-6-8-23(22)20-9-11-25-24(13-20)27(33)19(4)29(25)16-32(15-18(29)3)28(34)26-12-10-21(30)14-31-26/h5-14,17-19,27,33H,15-16H2,1-4H3. The van der Waals surface area contributed by atoms with E-state index < -0.39 is 11.9 Å². The molecule has 5 heteroatoms. The van der Waals surface area contributed by atoms with Gasteiger partial charge in [-0.05, 0) is 63.8 Å². The Hall–Kier alpha value is -3.05. The van der Waals surface area contributed by atoms with Crippen molar-refractivity contribution >= 4 is 5.91 Å². The highest BCUT2D eigenvalue weighted by atomic mass is 19.1. The molecule has 1 amide bonds. The quantitative estimate of drug-likeness (QED) is 0.546. The second kappa shape index (κ2) is 8.31. The third-order valence-corrected chi connectivity index (χ3v) is 8.11. The van der Waals surface area contributed by atoms with E-state index in [2.05, 4.69) is 75.1 Å². The zero-order valence-electron chi connectivity index (χ0n) is 20.1. The highest BCUT2D eigenvalue weighted by Crippen LogP contribution is 2.57. The summed E-state index contributed by atoms with van der Waals surface area (Å²) in [5, 5.41) is 11.4. The van der Waals surface area contributed by atoms with Crippen LogP contribution >= 0.6 is 0 Å². The first kappa shape index (κ1) is 22.7. The molecule has 0 radical (unpaired) electrons. The number of benzene rings is 2. The number of hydrogen-bond acceptors (Lipinski definition) is 3. The fourth-order valence-corrected chi connectivity index (χ4v) is 6.25. The van der Waals surface area contributed by atoms with E-state index in [1.54, 1.807) is 0 Å². The van der Waals surface area contributed by atoms with Gasteiger partial charge in [0.2, 0.25) is 0 Å². The smallest absolute Gasteiger partial charge is 0.272 e. The molecule has 2 aliphatic rings. The Labute approximate surface area is 200 Å². The van der Waals surface area contributed by atoms with Crippen LogP contribution in [0, 0.1) is 17.7 Å². The average Bonchev–Trinajstić information content (AvgIpc) is 3.29. The molecule has 3 aromatic rings. The van der Waals surface area contributed by atoms with Crippen LogP contribution in [0.15, 0.2) is 60.8 Å². The molecular formula is C29H31FN2O2. The summed E-state index contributed by atoms with van der Waals surface area (Å²) in [4.78, 5) is 19.0. The first-order valence-corrected chi connectivity index (χ1v) is 12.1. The number of nitrogens with zero attached hydrogens (tertiary/aromatic N) is 2. The van der Waals surface area contributed by atoms with Gasteiger partial charge in [-0.1, -0.05) is 64.1 Å². The van der Waals surface area contributed by atoms with Gasteiger partial charge >= 0.3 is 0 Å². The fraction of sp³-hybridized carbons (Fsp3) is 0.379. The molecule has 4 nitrogen and oxygen atoms in total. The first-order valence-electron chi connectivity index (χ1n) is 12.1. The van der Waals surface area contributed by atoms with E-state index >= 15 is 0 Å². The number of carbonyl (C=O) groups is 1. The summed E-state index contributed by atoms with van der Waals surface area (Å²) in [6.45, 7) is 9.73. The molecule has 5 rings (SSSR count). The van der Waals surface area contributed by atoms with E-state index in [1.807, 2.05) is 4.90 Å². The summed E-state index contributed by atoms with van der Waals surface area (Å²) in [5.41, 5.74) is 5.60. The average molecular weight is 459 g/mol. The summed E-state index contributed by atoms with van der Waals surface area (Å²) in [7, 11) is 0. The maximum Gasteiger partial charge on any atom is 0.272 e. The lowest BCUT2D eigenvalue weighted by atomic mass is 9.68. The van der Waals surface area contributed by atoms with Gasteiger partial charge in [0.05, 0.1) is 12.3 Å². The van der Waals surface area contributed by atoms with E-state index in [0.29, 0.717) is 19.0 Å². The van der Waals surface area contributed by atoms with Crippen molar-refractivity contribution in [1.82, 2.24) is 9.88 Å². The van der Waals surface area contributed by atoms with Gasteiger partial charge in [-0.2, -0.15) is 0 Å². The van der Waals surface area contributed by atoms with E-state index in [0.717, 1.165) is 22.9 Å². The molecule has 176 valence electrons. The number of carbonyl (C=O) groups excluding carboxylic acids is 1. The van der Waals surface area contributed by atoms with E-state index in [-0.39, 0.29) is 28.9 Å². The highest BCUT2D eigenvalue weighted by molar-refractivity contribution is 5.92. The summed E-state index contributed by atoms with van der Waals surface area (Å²) < 4.78 is 13.3. The maximum absolute atomic E-state index is 13.3. The predicted molar refractivity (Wildman–Crippen MR) is 131 cm³/mol. The lowest BCUT2D eigenvalue weighted by Crippen LogP contribution is -2.39. The summed E-state index contributed by atoms with van der Waals surface area (Å²) in [6.07, 6.45) is 0.485. The summed E-state index contributed by atoms with van der Waals surface area (Å²) >= 11 is 0. The van der Waals surface area contributed by atoms with Crippen molar-refractivity contribution in [2.45, 2.75) is 45.1 Å². The lowest BCUT2D eigenvalue weighted by Gasteiger charge is -2.35. The number of fused-ring (bicyclic) bond motifs is 2. The van der Waals surface area contributed by atoms with Crippen LogP contribution in [0.2, 0.25) is 0 Å². The molecule has 1 aliphatic heterocycles. The van der Waals surface area contributed by atoms with Gasteiger partial charge in [-0.3, -0.25) is 4.79 Å². The van der Waals surface area contributed by atoms with Gasteiger partial charge in [-0.25, -0.2) is 9.37 Å². The lowest BCUT2D eigenvalue weighted by molar-refractivity contribution is 0.0704. The van der Waals surface area contributed by atoms with E-state index in [4.69, 9.17) is 0 Å². The largest absolute Gasteiger partial charge is 0.388 e. The molecular weight excluding hydrogens is 427 g/mol. The maximum atomic E-state index is 13.3. The fourth-order valence-electron chi connectivity index (χ4n) is 6.25. The third kappa shape index (κ3) is 3.37. The highest BCUT2D eigenvalue weighted by Gasteiger charge is 2.57. The van der Waals surface area contributed by atoms with Gasteiger partial charge in [0.15, 0.2) is 0 Å². The first-order chi connectivity index (χ1) is 16.2. The summed E-state index contributed by atoms with van der Waals surface area (Å²) in [6, 6.07) is 17.6. The molecule has 1 aromatic heterocycles. The molecule has 1 saturated heterocycles. The molecule has 4 unspecified atom stereocenters. The van der Waals surface area contributed by atoms with Crippen LogP contribution in [0.4, 0.5) is 4.39 Å². The Kier molecular flexibility index (Phi) is 5.56. The van der Waals surface area contributed by atoms with Crippen molar-refractivity contribution in [2.24, 2.45) is 11.8 Å². The molecule has 2 heterocycles. The van der Waals surface area contributed by atoms with E-state index in [1.165, 1.54) is 23.3 Å². The SMILES string of the molecule is CC(C)c1ccccc1-c1ccc2c(c1)C(O)C(C)C21CN(C(=O)c2ccc(F)cn2)CC1C. The molecule has 1 aliphatic carbocycles. The van der Waals surface area contributed by atoms with Gasteiger partial charge in [0.25, 0.3) is 5.91 Å². The van der Waals surface area contributed by atoms with Crippen molar-refractivity contribution in [3.8, 4) is 11.1 Å². The van der Waals surface area contributed by atoms with Crippen molar-refractivity contribution in [2.75, 3.05) is 13.1 Å². The van der Waals surface area contributed by atoms with E-state index in [9.17, 15) is 14.3 Å². The van der Waals surface area contributed by atoms with Crippen LogP contribution in [0.5, 0.6) is 0 Å². The molecule has 4 atom stereocenters. The van der Waals surface area contributed by atoms with Crippen LogP contribution in [-0.4, -0.2) is 34.0 Å². The second-order valence-electron chi connectivity index (χ2n) is 10.3. The number of likely N-dealkylation sites (tertiary alicyclic amines) is 1. The zero-order valence-corrected chi connectivity index (χ0v) is 20.1. The Morgan fingerprint density at radius 3 is 2.62 bits per heavy atom. The monoisotopic (exact) mass is 458 g/mol. The normalized spacial score (nSPS) is 25.9. The van der Waals surface area contributed by atoms with Crippen LogP contribution < -0.4 is 0 Å². The Bertz CT molecular complexity index is 1240. The zero-order chi connectivity index (χ0) is 24.2. The van der Waals surface area contributed by atoms with Crippen LogP contribution in [0.1, 0.15) is 66.9 Å². The molecule has 1 N–H and O–H groups in total. The van der Waals surface area contributed by atoms with Crippen molar-refractivity contribution in [1.29, 1.82) is 0 Å². The number of aromatic nitrogens is 1. The Balaban J connectivity index is 1.53. The van der Waals surface area contributed by atoms with Crippen molar-refractivity contribution in [3.05, 3.63) is 89.0 Å². The number of pyridine rings is 1. The molecule has 1 spiro atoms. The number of hydrogen-bond donors (Lipinski definition) is 1. The molecule has 1 fully saturated rings. The minimum absolute atomic E-state index is 0.0351. The van der Waals surface area contributed by atoms with Crippen molar-refractivity contribution in [3.63, 3.8) is 0 Å². The topological polar surface area (TPSA) is 53.4 Å². The van der Waals surface area contributed by atoms with Gasteiger partial charge in [0, 0.05) is 18.5 Å². The van der Waals surface area contributed by atoms with Crippen LogP contribution in [-0.2, 0) is 5.41 Å². The molecule has 0 bridgehead atoms. The predicted octanol–water partition coefficient (Wildman–Crippen LogP) is 5.72. The van der Waals surface area contributed by atoms with Gasteiger partial charge in [-0.15, -0.1) is 0 Å². The van der Waals surface area contributed by atoms with Crippen LogP contribution in [0.3, 0.4) is 0 Å². The number of rotatable bonds is 3. The Morgan fingerprint density at radius 2 is 1.91 bits per heavy atom. The minimum Gasteiger partial charge on any atom is -0.388 e. The van der Waals surface area contributed by atoms with Gasteiger partial charge < -0.3 is 10.0 Å². The number of aliphatic hydroxyl groups excluding tert-OH is 1. The number of aliphatic hydroxyl groups is 1. The minimum atomic E-state index is -0.595. The molecule has 2 aromatic carbocycles. The second-order valence-corrected chi connectivity index (χ2v) is 10.3. The van der Waals surface area contributed by atoms with Gasteiger partial charge in [0.1, 0.15) is 11.5 Å². The Morgan fingerprint density at radius 1 is 1.15 bits per heavy atom. The van der Waals surface area contributed by atoms with Crippen LogP contribution in [0.25, 0.3) is 11.1 Å². The third-order valence-electron chi connectivity index (χ3n) is 8.11. The molecule has 0 saturated carbocycles. The summed E-state index contributed by atoms with van der Waals surface area (Å²) in [5.74, 6) is -0.127. The van der Waals surface area contributed by atoms with Crippen molar-refractivity contribution < 1.29 is 14.3 Å².